The summed E-state index contributed by atoms with van der Waals surface area (Å²) in [6.07, 6.45) is 9.27. The SMILES string of the molecule is C[C@@H]1CN(c2ncnc3c2C2(CCC2)CN3c2cc(C#N)ccn2)[C@@H](C)CN1C(=O)C(C)(C)N1CC2CC1C2. The van der Waals surface area contributed by atoms with Crippen molar-refractivity contribution in [2.45, 2.75) is 88.9 Å². The molecular weight excluding hydrogens is 488 g/mol. The summed E-state index contributed by atoms with van der Waals surface area (Å²) >= 11 is 0. The molecule has 2 aliphatic carbocycles. The van der Waals surface area contributed by atoms with Crippen molar-refractivity contribution >= 4 is 23.4 Å². The van der Waals surface area contributed by atoms with Crippen LogP contribution >= 0.6 is 0 Å². The lowest BCUT2D eigenvalue weighted by molar-refractivity contribution is -0.146. The van der Waals surface area contributed by atoms with Gasteiger partial charge in [0.2, 0.25) is 5.91 Å². The summed E-state index contributed by atoms with van der Waals surface area (Å²) in [6.45, 7) is 12.0. The number of piperazine rings is 1. The first-order valence-electron chi connectivity index (χ1n) is 14.6. The summed E-state index contributed by atoms with van der Waals surface area (Å²) in [4.78, 5) is 37.4. The highest BCUT2D eigenvalue weighted by molar-refractivity contribution is 5.86. The smallest absolute Gasteiger partial charge is 0.242 e. The molecule has 204 valence electrons. The number of hydrogen-bond acceptors (Lipinski definition) is 8. The second-order valence-corrected chi connectivity index (χ2v) is 13.1. The van der Waals surface area contributed by atoms with E-state index in [1.165, 1.54) is 24.8 Å². The monoisotopic (exact) mass is 526 g/mol. The Labute approximate surface area is 230 Å². The summed E-state index contributed by atoms with van der Waals surface area (Å²) in [5.41, 5.74) is 1.35. The van der Waals surface area contributed by atoms with Crippen LogP contribution in [0.2, 0.25) is 0 Å². The van der Waals surface area contributed by atoms with Crippen molar-refractivity contribution in [1.29, 1.82) is 5.26 Å². The van der Waals surface area contributed by atoms with Crippen LogP contribution in [-0.4, -0.2) is 80.5 Å². The average molecular weight is 527 g/mol. The predicted molar refractivity (Wildman–Crippen MR) is 149 cm³/mol. The van der Waals surface area contributed by atoms with Crippen LogP contribution in [0.1, 0.15) is 70.9 Å². The molecule has 4 aliphatic heterocycles. The van der Waals surface area contributed by atoms with E-state index in [4.69, 9.17) is 9.97 Å². The minimum Gasteiger partial charge on any atom is -0.350 e. The van der Waals surface area contributed by atoms with E-state index in [1.807, 2.05) is 6.07 Å². The van der Waals surface area contributed by atoms with Gasteiger partial charge >= 0.3 is 0 Å². The van der Waals surface area contributed by atoms with Gasteiger partial charge in [-0.3, -0.25) is 9.69 Å². The maximum atomic E-state index is 14.0. The number of nitriles is 1. The van der Waals surface area contributed by atoms with Gasteiger partial charge in [-0.2, -0.15) is 5.26 Å². The number of nitrogens with zero attached hydrogens (tertiary/aromatic N) is 8. The molecule has 2 saturated carbocycles. The van der Waals surface area contributed by atoms with Gasteiger partial charge in [0.05, 0.1) is 17.2 Å². The fraction of sp³-hybridized carbons (Fsp3) is 0.633. The average Bonchev–Trinajstić information content (AvgIpc) is 3.61. The molecule has 6 aliphatic rings. The Morgan fingerprint density at radius 1 is 1.08 bits per heavy atom. The third-order valence-corrected chi connectivity index (χ3v) is 10.4. The highest BCUT2D eigenvalue weighted by atomic mass is 16.2. The van der Waals surface area contributed by atoms with Crippen LogP contribution in [0.3, 0.4) is 0 Å². The van der Waals surface area contributed by atoms with Gasteiger partial charge in [-0.1, -0.05) is 6.42 Å². The molecule has 9 heteroatoms. The summed E-state index contributed by atoms with van der Waals surface area (Å²) < 4.78 is 0. The number of rotatable bonds is 4. The normalized spacial score (nSPS) is 29.2. The second kappa shape index (κ2) is 8.62. The van der Waals surface area contributed by atoms with Crippen LogP contribution in [0.15, 0.2) is 24.7 Å². The number of hydrogen-bond donors (Lipinski definition) is 0. The molecule has 6 heterocycles. The van der Waals surface area contributed by atoms with Gasteiger partial charge in [0.25, 0.3) is 0 Å². The highest BCUT2D eigenvalue weighted by Gasteiger charge is 2.54. The molecule has 0 unspecified atom stereocenters. The van der Waals surface area contributed by atoms with Gasteiger partial charge in [0.1, 0.15) is 23.8 Å². The molecule has 2 bridgehead atoms. The van der Waals surface area contributed by atoms with Crippen molar-refractivity contribution in [2.75, 3.05) is 36.0 Å². The van der Waals surface area contributed by atoms with Crippen molar-refractivity contribution in [3.05, 3.63) is 35.8 Å². The Hall–Kier alpha value is -3.25. The van der Waals surface area contributed by atoms with Crippen LogP contribution in [0.25, 0.3) is 0 Å². The minimum absolute atomic E-state index is 0.00468. The molecule has 3 saturated heterocycles. The molecule has 1 spiro atoms. The van der Waals surface area contributed by atoms with E-state index in [1.54, 1.807) is 18.6 Å². The van der Waals surface area contributed by atoms with E-state index in [2.05, 4.69) is 58.3 Å². The highest BCUT2D eigenvalue weighted by Crippen LogP contribution is 2.56. The Morgan fingerprint density at radius 3 is 2.51 bits per heavy atom. The van der Waals surface area contributed by atoms with Crippen molar-refractivity contribution in [3.8, 4) is 6.07 Å². The molecule has 5 fully saturated rings. The third-order valence-electron chi connectivity index (χ3n) is 10.4. The van der Waals surface area contributed by atoms with E-state index < -0.39 is 5.54 Å². The Kier molecular flexibility index (Phi) is 5.48. The lowest BCUT2D eigenvalue weighted by atomic mass is 9.66. The van der Waals surface area contributed by atoms with Crippen molar-refractivity contribution < 1.29 is 4.79 Å². The summed E-state index contributed by atoms with van der Waals surface area (Å²) in [7, 11) is 0. The van der Waals surface area contributed by atoms with Crippen LogP contribution in [0.5, 0.6) is 0 Å². The molecule has 0 aromatic carbocycles. The molecule has 0 N–H and O–H groups in total. The van der Waals surface area contributed by atoms with E-state index in [-0.39, 0.29) is 23.4 Å². The number of pyridine rings is 1. The van der Waals surface area contributed by atoms with Crippen LogP contribution in [0.4, 0.5) is 17.5 Å². The molecule has 2 aromatic rings. The van der Waals surface area contributed by atoms with Gasteiger partial charge in [-0.25, -0.2) is 15.0 Å². The van der Waals surface area contributed by atoms with Crippen LogP contribution < -0.4 is 9.80 Å². The van der Waals surface area contributed by atoms with E-state index >= 15 is 0 Å². The van der Waals surface area contributed by atoms with Gasteiger partial charge in [0, 0.05) is 61.5 Å². The molecular formula is C30H38N8O. The molecule has 0 radical (unpaired) electrons. The zero-order valence-electron chi connectivity index (χ0n) is 23.5. The first-order chi connectivity index (χ1) is 18.7. The molecule has 39 heavy (non-hydrogen) atoms. The third kappa shape index (κ3) is 3.60. The maximum Gasteiger partial charge on any atom is 0.242 e. The van der Waals surface area contributed by atoms with Gasteiger partial charge in [0.15, 0.2) is 0 Å². The lowest BCUT2D eigenvalue weighted by Crippen LogP contribution is -2.65. The predicted octanol–water partition coefficient (Wildman–Crippen LogP) is 3.62. The van der Waals surface area contributed by atoms with Gasteiger partial charge in [-0.15, -0.1) is 0 Å². The van der Waals surface area contributed by atoms with Crippen LogP contribution in [-0.2, 0) is 10.2 Å². The van der Waals surface area contributed by atoms with Gasteiger partial charge in [-0.05, 0) is 71.4 Å². The maximum absolute atomic E-state index is 14.0. The van der Waals surface area contributed by atoms with Crippen LogP contribution in [0, 0.1) is 17.2 Å². The topological polar surface area (TPSA) is 92.5 Å². The number of carbonyl (C=O) groups excluding carboxylic acids is 1. The summed E-state index contributed by atoms with van der Waals surface area (Å²) in [5.74, 6) is 3.72. The lowest BCUT2D eigenvalue weighted by Gasteiger charge is -2.49. The van der Waals surface area contributed by atoms with E-state index in [0.29, 0.717) is 18.2 Å². The Bertz CT molecular complexity index is 1360. The second-order valence-electron chi connectivity index (χ2n) is 13.1. The zero-order valence-corrected chi connectivity index (χ0v) is 23.5. The Balaban J connectivity index is 1.18. The first-order valence-corrected chi connectivity index (χ1v) is 14.6. The quantitative estimate of drug-likeness (QED) is 0.597. The molecule has 9 nitrogen and oxygen atoms in total. The van der Waals surface area contributed by atoms with Gasteiger partial charge < -0.3 is 14.7 Å². The van der Waals surface area contributed by atoms with Crippen molar-refractivity contribution in [1.82, 2.24) is 24.8 Å². The largest absolute Gasteiger partial charge is 0.350 e. The molecule has 2 atom stereocenters. The molecule has 1 amide bonds. The standard InChI is InChI=1S/C30H38N8O/c1-19-15-36(28(39)29(3,4)38-16-22-10-23(38)11-22)20(2)14-35(19)26-25-27(34-18-33-26)37(17-30(25)7-5-8-30)24-12-21(13-31)6-9-32-24/h6,9,12,18-20,22-23H,5,7-8,10-11,14-17H2,1-4H3/t19-,20+,22?,23?/m0/s1. The fourth-order valence-corrected chi connectivity index (χ4v) is 7.95. The zero-order chi connectivity index (χ0) is 27.1. The number of aromatic nitrogens is 3. The molecule has 2 aromatic heterocycles. The Morgan fingerprint density at radius 2 is 1.85 bits per heavy atom. The first kappa shape index (κ1) is 24.8. The minimum atomic E-state index is -0.469. The van der Waals surface area contributed by atoms with Crippen molar-refractivity contribution in [3.63, 3.8) is 0 Å². The fourth-order valence-electron chi connectivity index (χ4n) is 7.95. The number of carbonyl (C=O) groups is 1. The summed E-state index contributed by atoms with van der Waals surface area (Å²) in [6, 6.07) is 6.63. The van der Waals surface area contributed by atoms with Crippen molar-refractivity contribution in [2.24, 2.45) is 5.92 Å². The van der Waals surface area contributed by atoms with E-state index in [9.17, 15) is 10.1 Å². The van der Waals surface area contributed by atoms with E-state index in [0.717, 1.165) is 55.8 Å². The summed E-state index contributed by atoms with van der Waals surface area (Å²) in [5, 5.41) is 9.46. The number of amides is 1. The molecule has 8 rings (SSSR count). The number of anilines is 3. The number of fused-ring (bicyclic) bond motifs is 3.